The van der Waals surface area contributed by atoms with Gasteiger partial charge in [-0.25, -0.2) is 4.79 Å². The number of piperidine rings is 1. The summed E-state index contributed by atoms with van der Waals surface area (Å²) in [5.74, 6) is -0.381. The van der Waals surface area contributed by atoms with Crippen LogP contribution < -0.4 is 0 Å². The third-order valence-electron chi connectivity index (χ3n) is 3.49. The number of aromatic nitrogens is 1. The molecule has 1 aliphatic rings. The summed E-state index contributed by atoms with van der Waals surface area (Å²) in [7, 11) is 0. The number of rotatable bonds is 3. The average molecular weight is 274 g/mol. The van der Waals surface area contributed by atoms with E-state index in [0.29, 0.717) is 17.2 Å². The molecule has 1 aromatic heterocycles. The molecule has 0 saturated carbocycles. The first-order valence-electron chi connectivity index (χ1n) is 6.72. The Morgan fingerprint density at radius 3 is 2.60 bits per heavy atom. The molecule has 0 radical (unpaired) electrons. The van der Waals surface area contributed by atoms with Gasteiger partial charge in [0.1, 0.15) is 5.69 Å². The minimum Gasteiger partial charge on any atom is -0.478 e. The quantitative estimate of drug-likeness (QED) is 0.856. The normalized spacial score (nSPS) is 16.6. The molecular weight excluding hydrogens is 256 g/mol. The standard InChI is InChI=1S/C15H18N2O3/c1-11-6-8-17(9-7-11)15(20)13-4-2-12(10-16-13)3-5-14(18)19/h2-5,10-11H,6-9H2,1H3,(H,18,19). The van der Waals surface area contributed by atoms with Crippen LogP contribution in [-0.2, 0) is 4.79 Å². The molecule has 0 unspecified atom stereocenters. The van der Waals surface area contributed by atoms with Crippen molar-refractivity contribution in [2.24, 2.45) is 5.92 Å². The van der Waals surface area contributed by atoms with Crippen molar-refractivity contribution >= 4 is 18.0 Å². The SMILES string of the molecule is CC1CCN(C(=O)c2ccc(C=CC(=O)O)cn2)CC1. The fourth-order valence-electron chi connectivity index (χ4n) is 2.17. The maximum atomic E-state index is 12.2. The molecule has 1 fully saturated rings. The van der Waals surface area contributed by atoms with Gasteiger partial charge in [-0.3, -0.25) is 9.78 Å². The van der Waals surface area contributed by atoms with Crippen LogP contribution in [0.5, 0.6) is 0 Å². The van der Waals surface area contributed by atoms with Crippen LogP contribution in [-0.4, -0.2) is 40.0 Å². The number of hydrogen-bond acceptors (Lipinski definition) is 3. The lowest BCUT2D eigenvalue weighted by atomic mass is 9.99. The van der Waals surface area contributed by atoms with Gasteiger partial charge in [0.05, 0.1) is 0 Å². The largest absolute Gasteiger partial charge is 0.478 e. The van der Waals surface area contributed by atoms with Crippen molar-refractivity contribution in [1.82, 2.24) is 9.88 Å². The zero-order chi connectivity index (χ0) is 14.5. The molecule has 106 valence electrons. The fourth-order valence-corrected chi connectivity index (χ4v) is 2.17. The first-order valence-corrected chi connectivity index (χ1v) is 6.72. The zero-order valence-corrected chi connectivity index (χ0v) is 11.5. The molecule has 0 bridgehead atoms. The Hall–Kier alpha value is -2.17. The number of carboxylic acid groups (broad SMARTS) is 1. The number of likely N-dealkylation sites (tertiary alicyclic amines) is 1. The Morgan fingerprint density at radius 1 is 1.35 bits per heavy atom. The van der Waals surface area contributed by atoms with Gasteiger partial charge in [0.2, 0.25) is 0 Å². The van der Waals surface area contributed by atoms with Crippen molar-refractivity contribution in [3.05, 3.63) is 35.7 Å². The van der Waals surface area contributed by atoms with Crippen LogP contribution in [0.4, 0.5) is 0 Å². The molecule has 0 aromatic carbocycles. The van der Waals surface area contributed by atoms with E-state index in [2.05, 4.69) is 11.9 Å². The van der Waals surface area contributed by atoms with E-state index in [4.69, 9.17) is 5.11 Å². The molecule has 0 aliphatic carbocycles. The highest BCUT2D eigenvalue weighted by atomic mass is 16.4. The molecule has 1 aromatic rings. The molecule has 2 rings (SSSR count). The van der Waals surface area contributed by atoms with Crippen molar-refractivity contribution < 1.29 is 14.7 Å². The summed E-state index contributed by atoms with van der Waals surface area (Å²) in [6.45, 7) is 3.76. The van der Waals surface area contributed by atoms with Crippen LogP contribution in [0.25, 0.3) is 6.08 Å². The number of carbonyl (C=O) groups is 2. The molecule has 5 heteroatoms. The van der Waals surface area contributed by atoms with E-state index in [0.717, 1.165) is 32.0 Å². The minimum absolute atomic E-state index is 0.0503. The van der Waals surface area contributed by atoms with Gasteiger partial charge in [-0.15, -0.1) is 0 Å². The second-order valence-electron chi connectivity index (χ2n) is 5.12. The lowest BCUT2D eigenvalue weighted by Gasteiger charge is -2.30. The Bertz CT molecular complexity index is 514. The summed E-state index contributed by atoms with van der Waals surface area (Å²) in [6.07, 6.45) is 6.08. The number of nitrogens with zero attached hydrogens (tertiary/aromatic N) is 2. The maximum Gasteiger partial charge on any atom is 0.328 e. The lowest BCUT2D eigenvalue weighted by Crippen LogP contribution is -2.38. The van der Waals surface area contributed by atoms with Gasteiger partial charge in [0.25, 0.3) is 5.91 Å². The predicted octanol–water partition coefficient (Wildman–Crippen LogP) is 2.05. The monoisotopic (exact) mass is 274 g/mol. The van der Waals surface area contributed by atoms with Gasteiger partial charge in [-0.1, -0.05) is 13.0 Å². The summed E-state index contributed by atoms with van der Waals surface area (Å²) in [5, 5.41) is 8.54. The Labute approximate surface area is 117 Å². The summed E-state index contributed by atoms with van der Waals surface area (Å²) in [6, 6.07) is 3.34. The first-order chi connectivity index (χ1) is 9.56. The summed E-state index contributed by atoms with van der Waals surface area (Å²) in [4.78, 5) is 28.6. The van der Waals surface area contributed by atoms with Gasteiger partial charge in [-0.05, 0) is 36.5 Å². The second-order valence-corrected chi connectivity index (χ2v) is 5.12. The van der Waals surface area contributed by atoms with Gasteiger partial charge >= 0.3 is 5.97 Å². The molecular formula is C15H18N2O3. The lowest BCUT2D eigenvalue weighted by molar-refractivity contribution is -0.131. The minimum atomic E-state index is -1.01. The number of amides is 1. The van der Waals surface area contributed by atoms with Crippen molar-refractivity contribution in [3.63, 3.8) is 0 Å². The second kappa shape index (κ2) is 6.32. The van der Waals surface area contributed by atoms with Crippen LogP contribution in [0.15, 0.2) is 24.4 Å². The van der Waals surface area contributed by atoms with E-state index in [1.54, 1.807) is 12.1 Å². The predicted molar refractivity (Wildman–Crippen MR) is 75.2 cm³/mol. The Balaban J connectivity index is 2.02. The first kappa shape index (κ1) is 14.2. The highest BCUT2D eigenvalue weighted by molar-refractivity contribution is 5.92. The molecule has 0 spiro atoms. The number of hydrogen-bond donors (Lipinski definition) is 1. The van der Waals surface area contributed by atoms with Crippen LogP contribution in [0.2, 0.25) is 0 Å². The smallest absolute Gasteiger partial charge is 0.328 e. The van der Waals surface area contributed by atoms with Gasteiger partial charge < -0.3 is 10.0 Å². The van der Waals surface area contributed by atoms with Crippen LogP contribution in [0, 0.1) is 5.92 Å². The van der Waals surface area contributed by atoms with E-state index < -0.39 is 5.97 Å². The van der Waals surface area contributed by atoms with Gasteiger partial charge in [0.15, 0.2) is 0 Å². The van der Waals surface area contributed by atoms with Crippen molar-refractivity contribution in [3.8, 4) is 0 Å². The molecule has 1 amide bonds. The van der Waals surface area contributed by atoms with Crippen LogP contribution >= 0.6 is 0 Å². The van der Waals surface area contributed by atoms with Crippen molar-refractivity contribution in [2.75, 3.05) is 13.1 Å². The number of aliphatic carboxylic acids is 1. The number of carbonyl (C=O) groups excluding carboxylic acids is 1. The van der Waals surface area contributed by atoms with E-state index >= 15 is 0 Å². The summed E-state index contributed by atoms with van der Waals surface area (Å²) < 4.78 is 0. The summed E-state index contributed by atoms with van der Waals surface area (Å²) in [5.41, 5.74) is 1.07. The van der Waals surface area contributed by atoms with Gasteiger partial charge in [0, 0.05) is 25.4 Å². The number of carboxylic acids is 1. The highest BCUT2D eigenvalue weighted by Crippen LogP contribution is 2.17. The van der Waals surface area contributed by atoms with Gasteiger partial charge in [-0.2, -0.15) is 0 Å². The van der Waals surface area contributed by atoms with E-state index in [-0.39, 0.29) is 5.91 Å². The molecule has 1 N–H and O–H groups in total. The van der Waals surface area contributed by atoms with Crippen LogP contribution in [0.3, 0.4) is 0 Å². The maximum absolute atomic E-state index is 12.2. The molecule has 20 heavy (non-hydrogen) atoms. The highest BCUT2D eigenvalue weighted by Gasteiger charge is 2.21. The van der Waals surface area contributed by atoms with E-state index in [1.165, 1.54) is 12.3 Å². The average Bonchev–Trinajstić information content (AvgIpc) is 2.46. The Kier molecular flexibility index (Phi) is 4.50. The van der Waals surface area contributed by atoms with E-state index in [9.17, 15) is 9.59 Å². The topological polar surface area (TPSA) is 70.5 Å². The molecule has 1 aliphatic heterocycles. The third-order valence-corrected chi connectivity index (χ3v) is 3.49. The third kappa shape index (κ3) is 3.66. The van der Waals surface area contributed by atoms with Crippen molar-refractivity contribution in [1.29, 1.82) is 0 Å². The molecule has 5 nitrogen and oxygen atoms in total. The fraction of sp³-hybridized carbons (Fsp3) is 0.400. The van der Waals surface area contributed by atoms with E-state index in [1.807, 2.05) is 4.90 Å². The summed E-state index contributed by atoms with van der Waals surface area (Å²) >= 11 is 0. The van der Waals surface area contributed by atoms with Crippen LogP contribution in [0.1, 0.15) is 35.8 Å². The zero-order valence-electron chi connectivity index (χ0n) is 11.5. The molecule has 2 heterocycles. The molecule has 0 atom stereocenters. The van der Waals surface area contributed by atoms with Crippen molar-refractivity contribution in [2.45, 2.75) is 19.8 Å². The Morgan fingerprint density at radius 2 is 2.05 bits per heavy atom. The number of pyridine rings is 1. The molecule has 1 saturated heterocycles.